The molecule has 2 N–H and O–H groups in total. The van der Waals surface area contributed by atoms with Crippen LogP contribution in [0.25, 0.3) is 0 Å². The molecule has 0 unspecified atom stereocenters. The van der Waals surface area contributed by atoms with Crippen LogP contribution in [0.5, 0.6) is 11.5 Å². The number of hydrogen-bond acceptors (Lipinski definition) is 4. The molecule has 1 aromatic carbocycles. The Balaban J connectivity index is 3.22. The summed E-state index contributed by atoms with van der Waals surface area (Å²) in [5, 5.41) is 0. The zero-order valence-corrected chi connectivity index (χ0v) is 14.8. The molecular formula is C15H21BrN2O4. The predicted molar refractivity (Wildman–Crippen MR) is 87.2 cm³/mol. The molecule has 0 atom stereocenters. The van der Waals surface area contributed by atoms with Gasteiger partial charge in [-0.1, -0.05) is 0 Å². The van der Waals surface area contributed by atoms with Gasteiger partial charge in [0.2, 0.25) is 5.91 Å². The summed E-state index contributed by atoms with van der Waals surface area (Å²) in [4.78, 5) is 25.2. The largest absolute Gasteiger partial charge is 0.493 e. The highest BCUT2D eigenvalue weighted by Crippen LogP contribution is 2.37. The third-order valence-electron chi connectivity index (χ3n) is 2.98. The van der Waals surface area contributed by atoms with Crippen LogP contribution < -0.4 is 15.2 Å². The van der Waals surface area contributed by atoms with E-state index >= 15 is 0 Å². The van der Waals surface area contributed by atoms with Crippen molar-refractivity contribution in [2.24, 2.45) is 5.73 Å². The van der Waals surface area contributed by atoms with Gasteiger partial charge in [0.05, 0.1) is 24.7 Å². The van der Waals surface area contributed by atoms with Crippen molar-refractivity contribution >= 4 is 27.7 Å². The first kappa shape index (κ1) is 18.3. The number of halogens is 1. The maximum Gasteiger partial charge on any atom is 0.254 e. The summed E-state index contributed by atoms with van der Waals surface area (Å²) >= 11 is 3.38. The van der Waals surface area contributed by atoms with E-state index in [-0.39, 0.29) is 18.5 Å². The second-order valence-corrected chi connectivity index (χ2v) is 5.77. The minimum absolute atomic E-state index is 0.135. The lowest BCUT2D eigenvalue weighted by atomic mass is 10.1. The molecule has 0 aliphatic heterocycles. The van der Waals surface area contributed by atoms with Gasteiger partial charge in [0.1, 0.15) is 0 Å². The highest BCUT2D eigenvalue weighted by Gasteiger charge is 2.23. The lowest BCUT2D eigenvalue weighted by molar-refractivity contribution is -0.119. The summed E-state index contributed by atoms with van der Waals surface area (Å²) in [6, 6.07) is 3.08. The molecule has 0 spiro atoms. The quantitative estimate of drug-likeness (QED) is 0.795. The number of hydrogen-bond donors (Lipinski definition) is 1. The van der Waals surface area contributed by atoms with Gasteiger partial charge in [0.25, 0.3) is 5.91 Å². The van der Waals surface area contributed by atoms with Crippen molar-refractivity contribution in [2.45, 2.75) is 26.8 Å². The maximum absolute atomic E-state index is 12.6. The van der Waals surface area contributed by atoms with Crippen molar-refractivity contribution in [3.05, 3.63) is 22.2 Å². The second kappa shape index (κ2) is 8.03. The first-order valence-electron chi connectivity index (χ1n) is 6.91. The van der Waals surface area contributed by atoms with E-state index in [0.717, 1.165) is 0 Å². The fourth-order valence-electron chi connectivity index (χ4n) is 1.95. The van der Waals surface area contributed by atoms with Crippen molar-refractivity contribution in [1.29, 1.82) is 0 Å². The predicted octanol–water partition coefficient (Wildman–Crippen LogP) is 2.19. The van der Waals surface area contributed by atoms with Crippen LogP contribution in [0.2, 0.25) is 0 Å². The fourth-order valence-corrected chi connectivity index (χ4v) is 2.51. The van der Waals surface area contributed by atoms with Crippen molar-refractivity contribution in [1.82, 2.24) is 4.90 Å². The SMILES string of the molecule is CCOc1c(Br)cc(C(=O)N(CC(N)=O)C(C)C)cc1OC. The Labute approximate surface area is 138 Å². The Morgan fingerprint density at radius 2 is 2.00 bits per heavy atom. The van der Waals surface area contributed by atoms with Gasteiger partial charge in [-0.3, -0.25) is 9.59 Å². The lowest BCUT2D eigenvalue weighted by Crippen LogP contribution is -2.42. The molecule has 1 rings (SSSR count). The van der Waals surface area contributed by atoms with E-state index < -0.39 is 5.91 Å². The van der Waals surface area contributed by atoms with E-state index in [9.17, 15) is 9.59 Å². The molecule has 6 nitrogen and oxygen atoms in total. The average Bonchev–Trinajstić information content (AvgIpc) is 2.45. The minimum Gasteiger partial charge on any atom is -0.493 e. The number of methoxy groups -OCH3 is 1. The van der Waals surface area contributed by atoms with E-state index in [0.29, 0.717) is 28.1 Å². The summed E-state index contributed by atoms with van der Waals surface area (Å²) in [6.45, 7) is 5.84. The van der Waals surface area contributed by atoms with Crippen LogP contribution in [0, 0.1) is 0 Å². The van der Waals surface area contributed by atoms with Crippen molar-refractivity contribution < 1.29 is 19.1 Å². The van der Waals surface area contributed by atoms with Crippen molar-refractivity contribution in [2.75, 3.05) is 20.3 Å². The summed E-state index contributed by atoms with van der Waals surface area (Å²) in [5.74, 6) is 0.129. The number of carbonyl (C=O) groups excluding carboxylic acids is 2. The molecule has 0 aromatic heterocycles. The van der Waals surface area contributed by atoms with E-state index in [1.165, 1.54) is 12.0 Å². The van der Waals surface area contributed by atoms with Crippen LogP contribution in [-0.4, -0.2) is 43.0 Å². The van der Waals surface area contributed by atoms with Gasteiger partial charge < -0.3 is 20.1 Å². The molecular weight excluding hydrogens is 352 g/mol. The molecule has 0 heterocycles. The third kappa shape index (κ3) is 4.37. The van der Waals surface area contributed by atoms with Crippen LogP contribution in [-0.2, 0) is 4.79 Å². The van der Waals surface area contributed by atoms with Crippen LogP contribution in [0.3, 0.4) is 0 Å². The van der Waals surface area contributed by atoms with Crippen LogP contribution in [0.4, 0.5) is 0 Å². The first-order chi connectivity index (χ1) is 10.3. The number of carbonyl (C=O) groups is 2. The summed E-state index contributed by atoms with van der Waals surface area (Å²) < 4.78 is 11.4. The molecule has 1 aromatic rings. The standard InChI is InChI=1S/C15H21BrN2O4/c1-5-22-14-11(16)6-10(7-12(14)21-4)15(20)18(9(2)3)8-13(17)19/h6-7,9H,5,8H2,1-4H3,(H2,17,19). The number of primary amides is 1. The van der Waals surface area contributed by atoms with E-state index in [2.05, 4.69) is 15.9 Å². The molecule has 0 bridgehead atoms. The van der Waals surface area contributed by atoms with Crippen molar-refractivity contribution in [3.63, 3.8) is 0 Å². The Morgan fingerprint density at radius 1 is 1.36 bits per heavy atom. The Kier molecular flexibility index (Phi) is 6.67. The molecule has 122 valence electrons. The van der Waals surface area contributed by atoms with Crippen LogP contribution in [0.1, 0.15) is 31.1 Å². The number of amides is 2. The van der Waals surface area contributed by atoms with Gasteiger partial charge in [-0.25, -0.2) is 0 Å². The molecule has 7 heteroatoms. The normalized spacial score (nSPS) is 10.5. The zero-order chi connectivity index (χ0) is 16.9. The minimum atomic E-state index is -0.556. The maximum atomic E-state index is 12.6. The Hall–Kier alpha value is -1.76. The van der Waals surface area contributed by atoms with Gasteiger partial charge in [-0.2, -0.15) is 0 Å². The summed E-state index contributed by atoms with van der Waals surface area (Å²) in [6.07, 6.45) is 0. The number of rotatable bonds is 7. The monoisotopic (exact) mass is 372 g/mol. The van der Waals surface area contributed by atoms with E-state index in [1.807, 2.05) is 20.8 Å². The molecule has 0 radical (unpaired) electrons. The zero-order valence-electron chi connectivity index (χ0n) is 13.2. The first-order valence-corrected chi connectivity index (χ1v) is 7.70. The summed E-state index contributed by atoms with van der Waals surface area (Å²) in [5.41, 5.74) is 5.60. The molecule has 0 saturated heterocycles. The number of nitrogens with zero attached hydrogens (tertiary/aromatic N) is 1. The Bertz CT molecular complexity index is 561. The lowest BCUT2D eigenvalue weighted by Gasteiger charge is -2.26. The third-order valence-corrected chi connectivity index (χ3v) is 3.56. The topological polar surface area (TPSA) is 81.9 Å². The molecule has 0 aliphatic rings. The number of ether oxygens (including phenoxy) is 2. The van der Waals surface area contributed by atoms with E-state index in [1.54, 1.807) is 12.1 Å². The fraction of sp³-hybridized carbons (Fsp3) is 0.467. The second-order valence-electron chi connectivity index (χ2n) is 4.92. The van der Waals surface area contributed by atoms with Crippen molar-refractivity contribution in [3.8, 4) is 11.5 Å². The molecule has 2 amide bonds. The summed E-state index contributed by atoms with van der Waals surface area (Å²) in [7, 11) is 1.50. The highest BCUT2D eigenvalue weighted by atomic mass is 79.9. The molecule has 0 fully saturated rings. The number of nitrogens with two attached hydrogens (primary N) is 1. The molecule has 0 saturated carbocycles. The van der Waals surface area contributed by atoms with Gasteiger partial charge in [-0.15, -0.1) is 0 Å². The highest BCUT2D eigenvalue weighted by molar-refractivity contribution is 9.10. The van der Waals surface area contributed by atoms with Crippen LogP contribution >= 0.6 is 15.9 Å². The van der Waals surface area contributed by atoms with E-state index in [4.69, 9.17) is 15.2 Å². The Morgan fingerprint density at radius 3 is 2.45 bits per heavy atom. The molecule has 22 heavy (non-hydrogen) atoms. The van der Waals surface area contributed by atoms with Gasteiger partial charge >= 0.3 is 0 Å². The number of benzene rings is 1. The average molecular weight is 373 g/mol. The molecule has 0 aliphatic carbocycles. The van der Waals surface area contributed by atoms with Gasteiger partial charge in [0.15, 0.2) is 11.5 Å². The smallest absolute Gasteiger partial charge is 0.254 e. The van der Waals surface area contributed by atoms with Gasteiger partial charge in [0, 0.05) is 11.6 Å². The van der Waals surface area contributed by atoms with Crippen LogP contribution in [0.15, 0.2) is 16.6 Å². The van der Waals surface area contributed by atoms with Gasteiger partial charge in [-0.05, 0) is 48.8 Å².